The zero-order valence-electron chi connectivity index (χ0n) is 14.1. The van der Waals surface area contributed by atoms with E-state index in [2.05, 4.69) is 54.9 Å². The lowest BCUT2D eigenvalue weighted by atomic mass is 9.97. The summed E-state index contributed by atoms with van der Waals surface area (Å²) in [5.41, 5.74) is 7.10. The maximum Gasteiger partial charge on any atom is 0.227 e. The molecule has 0 spiro atoms. The Morgan fingerprint density at radius 3 is 2.80 bits per heavy atom. The molecule has 25 heavy (non-hydrogen) atoms. The second-order valence-corrected chi connectivity index (χ2v) is 6.47. The lowest BCUT2D eigenvalue weighted by Gasteiger charge is -2.32. The number of nitrogen functional groups attached to an aromatic ring is 1. The quantitative estimate of drug-likeness (QED) is 0.794. The Balaban J connectivity index is 1.53. The smallest absolute Gasteiger partial charge is 0.227 e. The number of benzene rings is 1. The molecular weight excluding hydrogens is 312 g/mol. The van der Waals surface area contributed by atoms with E-state index in [1.165, 1.54) is 5.56 Å². The minimum atomic E-state index is 0.373. The van der Waals surface area contributed by atoms with E-state index in [4.69, 9.17) is 5.73 Å². The fourth-order valence-corrected chi connectivity index (χ4v) is 3.48. The van der Waals surface area contributed by atoms with Crippen LogP contribution in [0.25, 0.3) is 0 Å². The highest BCUT2D eigenvalue weighted by Crippen LogP contribution is 2.28. The molecule has 6 heteroatoms. The van der Waals surface area contributed by atoms with E-state index in [1.807, 2.05) is 12.3 Å². The van der Waals surface area contributed by atoms with Gasteiger partial charge in [-0.3, -0.25) is 0 Å². The van der Waals surface area contributed by atoms with Crippen molar-refractivity contribution in [3.05, 3.63) is 66.4 Å². The summed E-state index contributed by atoms with van der Waals surface area (Å²) in [4.78, 5) is 15.6. The maximum atomic E-state index is 5.81. The van der Waals surface area contributed by atoms with Crippen molar-refractivity contribution in [2.75, 3.05) is 23.7 Å². The predicted octanol–water partition coefficient (Wildman–Crippen LogP) is 2.69. The van der Waals surface area contributed by atoms with Crippen LogP contribution in [0.5, 0.6) is 0 Å². The van der Waals surface area contributed by atoms with E-state index in [1.54, 1.807) is 12.3 Å². The number of rotatable bonds is 4. The predicted molar refractivity (Wildman–Crippen MR) is 98.4 cm³/mol. The minimum Gasteiger partial charge on any atom is -0.384 e. The van der Waals surface area contributed by atoms with Crippen LogP contribution in [-0.2, 0) is 6.54 Å². The summed E-state index contributed by atoms with van der Waals surface area (Å²) >= 11 is 0. The summed E-state index contributed by atoms with van der Waals surface area (Å²) < 4.78 is 2.25. The molecule has 1 atom stereocenters. The lowest BCUT2D eigenvalue weighted by Crippen LogP contribution is -2.36. The lowest BCUT2D eigenvalue weighted by molar-refractivity contribution is 0.471. The molecular formula is C19H22N6. The van der Waals surface area contributed by atoms with E-state index >= 15 is 0 Å². The number of nitrogens with zero attached hydrogens (tertiary/aromatic N) is 5. The zero-order chi connectivity index (χ0) is 17.1. The summed E-state index contributed by atoms with van der Waals surface area (Å²) in [6.07, 6.45) is 7.91. The zero-order valence-corrected chi connectivity index (χ0v) is 14.1. The molecule has 1 saturated heterocycles. The van der Waals surface area contributed by atoms with E-state index in [9.17, 15) is 0 Å². The van der Waals surface area contributed by atoms with Crippen molar-refractivity contribution >= 4 is 11.8 Å². The molecule has 4 rings (SSSR count). The van der Waals surface area contributed by atoms with Gasteiger partial charge in [0.1, 0.15) is 11.6 Å². The third kappa shape index (κ3) is 3.47. The van der Waals surface area contributed by atoms with Gasteiger partial charge in [-0.05, 0) is 24.5 Å². The van der Waals surface area contributed by atoms with Crippen molar-refractivity contribution in [1.29, 1.82) is 0 Å². The summed E-state index contributed by atoms with van der Waals surface area (Å²) in [6, 6.07) is 12.2. The van der Waals surface area contributed by atoms with Gasteiger partial charge in [0, 0.05) is 44.1 Å². The van der Waals surface area contributed by atoms with Crippen molar-refractivity contribution < 1.29 is 0 Å². The average molecular weight is 334 g/mol. The third-order valence-corrected chi connectivity index (χ3v) is 4.68. The fraction of sp³-hybridized carbons (Fsp3) is 0.316. The topological polar surface area (TPSA) is 72.9 Å². The molecule has 3 aromatic rings. The molecule has 1 fully saturated rings. The van der Waals surface area contributed by atoms with Gasteiger partial charge >= 0.3 is 0 Å². The molecule has 0 radical (unpaired) electrons. The van der Waals surface area contributed by atoms with E-state index in [0.717, 1.165) is 38.3 Å². The van der Waals surface area contributed by atoms with E-state index in [0.29, 0.717) is 17.7 Å². The Bertz CT molecular complexity index is 829. The molecule has 0 bridgehead atoms. The molecule has 2 aromatic heterocycles. The van der Waals surface area contributed by atoms with E-state index < -0.39 is 0 Å². The monoisotopic (exact) mass is 334 g/mol. The Hall–Kier alpha value is -2.89. The molecule has 6 nitrogen and oxygen atoms in total. The highest BCUT2D eigenvalue weighted by atomic mass is 15.3. The number of nitrogens with two attached hydrogens (primary N) is 1. The SMILES string of the molecule is Nc1ccnc(N2CCC[C@H](c3nccn3Cc3ccccc3)C2)n1. The van der Waals surface area contributed by atoms with Crippen LogP contribution in [0, 0.1) is 0 Å². The molecule has 1 aromatic carbocycles. The summed E-state index contributed by atoms with van der Waals surface area (Å²) in [5, 5.41) is 0. The van der Waals surface area contributed by atoms with Gasteiger partial charge in [-0.1, -0.05) is 30.3 Å². The van der Waals surface area contributed by atoms with Crippen LogP contribution >= 0.6 is 0 Å². The van der Waals surface area contributed by atoms with Gasteiger partial charge in [0.2, 0.25) is 5.95 Å². The molecule has 128 valence electrons. The molecule has 0 amide bonds. The first-order valence-electron chi connectivity index (χ1n) is 8.68. The molecule has 1 aliphatic heterocycles. The van der Waals surface area contributed by atoms with Crippen LogP contribution < -0.4 is 10.6 Å². The standard InChI is InChI=1S/C19H22N6/c20-17-8-9-22-19(23-17)25-11-4-7-16(14-25)18-21-10-12-24(18)13-15-5-2-1-3-6-15/h1-3,5-6,8-10,12,16H,4,7,11,13-14H2,(H2,20,22,23)/t16-/m0/s1. The minimum absolute atomic E-state index is 0.373. The first-order valence-corrected chi connectivity index (χ1v) is 8.68. The second kappa shape index (κ2) is 6.93. The number of hydrogen-bond donors (Lipinski definition) is 1. The Morgan fingerprint density at radius 2 is 1.96 bits per heavy atom. The first kappa shape index (κ1) is 15.6. The number of anilines is 2. The van der Waals surface area contributed by atoms with Crippen molar-refractivity contribution in [2.45, 2.75) is 25.3 Å². The summed E-state index contributed by atoms with van der Waals surface area (Å²) in [7, 11) is 0. The number of hydrogen-bond acceptors (Lipinski definition) is 5. The van der Waals surface area contributed by atoms with Gasteiger partial charge in [-0.15, -0.1) is 0 Å². The summed E-state index contributed by atoms with van der Waals surface area (Å²) in [5.74, 6) is 2.73. The molecule has 1 aliphatic rings. The van der Waals surface area contributed by atoms with Gasteiger partial charge in [0.25, 0.3) is 0 Å². The molecule has 0 saturated carbocycles. The molecule has 0 aliphatic carbocycles. The maximum absolute atomic E-state index is 5.81. The normalized spacial score (nSPS) is 17.6. The first-order chi connectivity index (χ1) is 12.3. The molecule has 0 unspecified atom stereocenters. The van der Waals surface area contributed by atoms with Crippen LogP contribution in [0.2, 0.25) is 0 Å². The molecule has 3 heterocycles. The Kier molecular flexibility index (Phi) is 4.33. The average Bonchev–Trinajstić information content (AvgIpc) is 3.11. The van der Waals surface area contributed by atoms with Crippen LogP contribution in [-0.4, -0.2) is 32.6 Å². The van der Waals surface area contributed by atoms with Crippen LogP contribution in [0.15, 0.2) is 55.0 Å². The molecule has 2 N–H and O–H groups in total. The number of aromatic nitrogens is 4. The third-order valence-electron chi connectivity index (χ3n) is 4.68. The second-order valence-electron chi connectivity index (χ2n) is 6.47. The number of imidazole rings is 1. The van der Waals surface area contributed by atoms with Gasteiger partial charge in [0.05, 0.1) is 0 Å². The highest BCUT2D eigenvalue weighted by Gasteiger charge is 2.26. The van der Waals surface area contributed by atoms with Crippen LogP contribution in [0.4, 0.5) is 11.8 Å². The summed E-state index contributed by atoms with van der Waals surface area (Å²) in [6.45, 7) is 2.68. The van der Waals surface area contributed by atoms with Gasteiger partial charge in [0.15, 0.2) is 0 Å². The van der Waals surface area contributed by atoms with Crippen LogP contribution in [0.1, 0.15) is 30.1 Å². The fourth-order valence-electron chi connectivity index (χ4n) is 3.48. The Labute approximate surface area is 147 Å². The number of piperidine rings is 1. The largest absolute Gasteiger partial charge is 0.384 e. The highest BCUT2D eigenvalue weighted by molar-refractivity contribution is 5.38. The van der Waals surface area contributed by atoms with E-state index in [-0.39, 0.29) is 0 Å². The van der Waals surface area contributed by atoms with Crippen molar-refractivity contribution in [2.24, 2.45) is 0 Å². The Morgan fingerprint density at radius 1 is 1.08 bits per heavy atom. The van der Waals surface area contributed by atoms with Crippen molar-refractivity contribution in [3.8, 4) is 0 Å². The van der Waals surface area contributed by atoms with Crippen LogP contribution in [0.3, 0.4) is 0 Å². The van der Waals surface area contributed by atoms with Gasteiger partial charge in [-0.2, -0.15) is 4.98 Å². The van der Waals surface area contributed by atoms with Gasteiger partial charge < -0.3 is 15.2 Å². The van der Waals surface area contributed by atoms with Crippen molar-refractivity contribution in [3.63, 3.8) is 0 Å². The van der Waals surface area contributed by atoms with Gasteiger partial charge in [-0.25, -0.2) is 9.97 Å². The van der Waals surface area contributed by atoms with Crippen molar-refractivity contribution in [1.82, 2.24) is 19.5 Å².